The zero-order valence-electron chi connectivity index (χ0n) is 3.14. The van der Waals surface area contributed by atoms with Crippen molar-refractivity contribution in [3.8, 4) is 0 Å². The molecule has 1 nitrogen and oxygen atoms in total. The minimum atomic E-state index is 0. The van der Waals surface area contributed by atoms with Crippen LogP contribution >= 0.6 is 0 Å². The first-order chi connectivity index (χ1) is 1.00. The molecule has 0 aromatic rings. The molecule has 0 atom stereocenters. The molecule has 0 N–H and O–H groups in total. The van der Waals surface area contributed by atoms with Crippen LogP contribution in [-0.4, -0.2) is 0 Å². The van der Waals surface area contributed by atoms with Gasteiger partial charge in [0.15, 0.2) is 0 Å². The van der Waals surface area contributed by atoms with E-state index < -0.39 is 0 Å². The Morgan fingerprint density at radius 2 is 1.50 bits per heavy atom. The zero-order chi connectivity index (χ0) is 2.00. The molecule has 0 amide bonds. The fraction of sp³-hybridized carbons (Fsp3) is 0. The van der Waals surface area contributed by atoms with Crippen molar-refractivity contribution in [3.63, 3.8) is 0 Å². The van der Waals surface area contributed by atoms with Crippen LogP contribution in [0.15, 0.2) is 0 Å². The van der Waals surface area contributed by atoms with E-state index in [1.165, 1.54) is 0 Å². The topological polar surface area (TPSA) is 17.1 Å². The van der Waals surface area contributed by atoms with E-state index >= 15 is 0 Å². The van der Waals surface area contributed by atoms with E-state index in [9.17, 15) is 0 Å². The monoisotopic (exact) mass is 167 g/mol. The van der Waals surface area contributed by atoms with E-state index in [0.717, 1.165) is 0 Å². The third-order valence-corrected chi connectivity index (χ3v) is 0. The van der Waals surface area contributed by atoms with E-state index in [1.807, 2.05) is 0 Å². The Balaban J connectivity index is -0.00000000167. The maximum atomic E-state index is 8.06. The number of hydrogen-bond acceptors (Lipinski definition) is 1. The van der Waals surface area contributed by atoms with Crippen LogP contribution in [0, 0.1) is 0 Å². The van der Waals surface area contributed by atoms with Gasteiger partial charge >= 0.3 is 71.2 Å². The molecular weight excluding hydrogens is 166 g/mol. The summed E-state index contributed by atoms with van der Waals surface area (Å²) in [4.78, 5) is 0. The maximum absolute atomic E-state index is 8.06. The fourth-order valence-corrected chi connectivity index (χ4v) is 0. The third-order valence-electron chi connectivity index (χ3n) is 0. The van der Waals surface area contributed by atoms with Gasteiger partial charge in [0.05, 0.1) is 0 Å². The van der Waals surface area contributed by atoms with Crippen LogP contribution in [0.3, 0.4) is 0 Å². The third kappa shape index (κ3) is 8.82. The second-order valence-corrected chi connectivity index (χ2v) is 0. The van der Waals surface area contributed by atoms with Crippen LogP contribution in [0.2, 0.25) is 0 Å². The van der Waals surface area contributed by atoms with Gasteiger partial charge in [-0.1, -0.05) is 0 Å². The Hall–Kier alpha value is 2.48. The van der Waals surface area contributed by atoms with Gasteiger partial charge in [0.25, 0.3) is 0 Å². The molecule has 23 valence electrons. The van der Waals surface area contributed by atoms with Crippen molar-refractivity contribution >= 4 is 0 Å². The van der Waals surface area contributed by atoms with Gasteiger partial charge in [-0.25, -0.2) is 0 Å². The molecule has 0 rings (SSSR count). The second kappa shape index (κ2) is 17.9. The molecule has 0 unspecified atom stereocenters. The zero-order valence-corrected chi connectivity index (χ0v) is 7.55. The van der Waals surface area contributed by atoms with E-state index in [2.05, 4.69) is 0 Å². The molecule has 0 heterocycles. The van der Waals surface area contributed by atoms with Crippen LogP contribution in [0.1, 0.15) is 1.43 Å². The first kappa shape index (κ1) is 16.1. The van der Waals surface area contributed by atoms with Crippen LogP contribution < -0.4 is 51.4 Å². The molecule has 4 heavy (non-hydrogen) atoms. The first-order valence-electron chi connectivity index (χ1n) is 0.154. The summed E-state index contributed by atoms with van der Waals surface area (Å²) in [6.07, 6.45) is 0. The van der Waals surface area contributed by atoms with Gasteiger partial charge in [0.2, 0.25) is 0 Å². The normalized spacial score (nSPS) is 1.00. The van der Waals surface area contributed by atoms with E-state index in [1.54, 1.807) is 15.9 Å². The average Bonchev–Trinajstić information content (AvgIpc) is 1.00. The molecule has 0 saturated carbocycles. The van der Waals surface area contributed by atoms with Gasteiger partial charge in [0.1, 0.15) is 0 Å². The molecular formula is HFeKMnO. The SMILES string of the molecule is [Fe].[H-].[K+].[O]=[Mn]. The molecule has 0 aromatic carbocycles. The van der Waals surface area contributed by atoms with Crippen molar-refractivity contribution < 1.29 is 89.7 Å². The predicted octanol–water partition coefficient (Wildman–Crippen LogP) is -3.01. The molecule has 0 bridgehead atoms. The van der Waals surface area contributed by atoms with E-state index in [4.69, 9.17) is 3.83 Å². The summed E-state index contributed by atoms with van der Waals surface area (Å²) in [6.45, 7) is 0. The summed E-state index contributed by atoms with van der Waals surface area (Å²) in [6, 6.07) is 0. The van der Waals surface area contributed by atoms with Crippen LogP contribution in [0.4, 0.5) is 0 Å². The van der Waals surface area contributed by atoms with Crippen molar-refractivity contribution in [1.82, 2.24) is 0 Å². The van der Waals surface area contributed by atoms with Crippen molar-refractivity contribution in [3.05, 3.63) is 0 Å². The Morgan fingerprint density at radius 1 is 1.50 bits per heavy atom. The first-order valence-corrected chi connectivity index (χ1v) is 0.636. The summed E-state index contributed by atoms with van der Waals surface area (Å²) in [7, 11) is 0. The molecule has 0 radical (unpaired) electrons. The van der Waals surface area contributed by atoms with Gasteiger partial charge in [0, 0.05) is 17.1 Å². The van der Waals surface area contributed by atoms with Crippen LogP contribution in [0.5, 0.6) is 0 Å². The van der Waals surface area contributed by atoms with Gasteiger partial charge in [-0.3, -0.25) is 0 Å². The molecule has 0 fully saturated rings. The summed E-state index contributed by atoms with van der Waals surface area (Å²) in [5.41, 5.74) is 0. The van der Waals surface area contributed by atoms with Crippen LogP contribution in [-0.2, 0) is 36.8 Å². The minimum absolute atomic E-state index is 0. The Morgan fingerprint density at radius 3 is 1.50 bits per heavy atom. The average molecular weight is 167 g/mol. The molecule has 4 heteroatoms. The Bertz CT molecular complexity index is 11.6. The van der Waals surface area contributed by atoms with Crippen molar-refractivity contribution in [1.29, 1.82) is 0 Å². The van der Waals surface area contributed by atoms with Crippen LogP contribution in [0.25, 0.3) is 0 Å². The molecule has 0 saturated heterocycles. The molecule has 0 aromatic heterocycles. The molecule has 0 aliphatic rings. The summed E-state index contributed by atoms with van der Waals surface area (Å²) in [5.74, 6) is 0. The predicted molar refractivity (Wildman–Crippen MR) is 1.80 cm³/mol. The van der Waals surface area contributed by atoms with Gasteiger partial charge in [-0.15, -0.1) is 0 Å². The molecule has 0 aliphatic carbocycles. The fourth-order valence-electron chi connectivity index (χ4n) is 0. The Kier molecular flexibility index (Phi) is 71.9. The molecule has 0 aliphatic heterocycles. The standard InChI is InChI=1S/Fe.K.Mn.O.H/q;+1;;;-1. The summed E-state index contributed by atoms with van der Waals surface area (Å²) in [5, 5.41) is 0. The van der Waals surface area contributed by atoms with Gasteiger partial charge in [-0.2, -0.15) is 0 Å². The van der Waals surface area contributed by atoms with Crippen molar-refractivity contribution in [2.24, 2.45) is 0 Å². The number of rotatable bonds is 0. The Labute approximate surface area is 87.7 Å². The van der Waals surface area contributed by atoms with Gasteiger partial charge < -0.3 is 1.43 Å². The van der Waals surface area contributed by atoms with E-state index in [-0.39, 0.29) is 69.9 Å². The second-order valence-electron chi connectivity index (χ2n) is 0. The van der Waals surface area contributed by atoms with Crippen molar-refractivity contribution in [2.75, 3.05) is 0 Å². The molecule has 0 spiro atoms. The van der Waals surface area contributed by atoms with Gasteiger partial charge in [-0.05, 0) is 0 Å². The van der Waals surface area contributed by atoms with Crippen molar-refractivity contribution in [2.45, 2.75) is 0 Å². The van der Waals surface area contributed by atoms with E-state index in [0.29, 0.717) is 0 Å². The number of hydrogen-bond donors (Lipinski definition) is 0. The quantitative estimate of drug-likeness (QED) is 0.351. The summed E-state index contributed by atoms with van der Waals surface area (Å²) >= 11 is 1.69. The summed E-state index contributed by atoms with van der Waals surface area (Å²) < 4.78 is 8.06.